The van der Waals surface area contributed by atoms with Gasteiger partial charge in [0.1, 0.15) is 6.04 Å². The third kappa shape index (κ3) is 4.43. The lowest BCUT2D eigenvalue weighted by molar-refractivity contribution is -0.147. The standard InChI is InChI=1S/C16H27N3O3S.ClH/c1-10(17-2)8-18-14(20)13(9-23-3)19-15(21)11-6-4-5-7-12(11)16(19)22;/h10-13,17H,4-9H2,1-3H3,(H,18,20);1H. The van der Waals surface area contributed by atoms with Crippen molar-refractivity contribution in [3.05, 3.63) is 0 Å². The number of thioether (sulfide) groups is 1. The number of halogens is 1. The van der Waals surface area contributed by atoms with Crippen LogP contribution in [0.4, 0.5) is 0 Å². The minimum Gasteiger partial charge on any atom is -0.353 e. The normalized spacial score (nSPS) is 25.7. The average Bonchev–Trinajstić information content (AvgIpc) is 2.82. The average molecular weight is 378 g/mol. The second-order valence-electron chi connectivity index (χ2n) is 6.45. The molecule has 0 aromatic heterocycles. The van der Waals surface area contributed by atoms with Crippen LogP contribution in [0.25, 0.3) is 0 Å². The number of imide groups is 1. The molecule has 2 fully saturated rings. The first kappa shape index (κ1) is 21.3. The molecule has 0 spiro atoms. The van der Waals surface area contributed by atoms with Crippen molar-refractivity contribution in [2.24, 2.45) is 11.8 Å². The number of amides is 3. The predicted octanol–water partition coefficient (Wildman–Crippen LogP) is 1.04. The van der Waals surface area contributed by atoms with Crippen LogP contribution in [0.2, 0.25) is 0 Å². The van der Waals surface area contributed by atoms with Crippen molar-refractivity contribution in [1.29, 1.82) is 0 Å². The van der Waals surface area contributed by atoms with Gasteiger partial charge in [-0.05, 0) is 33.1 Å². The van der Waals surface area contributed by atoms with E-state index in [4.69, 9.17) is 0 Å². The second kappa shape index (κ2) is 9.63. The van der Waals surface area contributed by atoms with Gasteiger partial charge in [-0.1, -0.05) is 12.8 Å². The van der Waals surface area contributed by atoms with Crippen LogP contribution in [0, 0.1) is 11.8 Å². The molecule has 2 rings (SSSR count). The number of fused-ring (bicyclic) bond motifs is 1. The minimum absolute atomic E-state index is 0. The van der Waals surface area contributed by atoms with E-state index in [1.807, 2.05) is 20.2 Å². The Hall–Kier alpha value is -0.790. The van der Waals surface area contributed by atoms with Gasteiger partial charge in [0.2, 0.25) is 17.7 Å². The molecule has 8 heteroatoms. The van der Waals surface area contributed by atoms with Crippen molar-refractivity contribution < 1.29 is 14.4 Å². The molecule has 0 aromatic carbocycles. The fourth-order valence-electron chi connectivity index (χ4n) is 3.39. The molecule has 4 atom stereocenters. The van der Waals surface area contributed by atoms with Crippen LogP contribution in [-0.4, -0.2) is 60.3 Å². The monoisotopic (exact) mass is 377 g/mol. The number of likely N-dealkylation sites (tertiary alicyclic amines) is 1. The quantitative estimate of drug-likeness (QED) is 0.648. The van der Waals surface area contributed by atoms with E-state index in [0.29, 0.717) is 12.3 Å². The molecule has 1 heterocycles. The molecule has 0 aromatic rings. The third-order valence-corrected chi connectivity index (χ3v) is 5.54. The molecule has 1 aliphatic carbocycles. The maximum atomic E-state index is 12.7. The summed E-state index contributed by atoms with van der Waals surface area (Å²) in [5, 5.41) is 5.91. The molecular formula is C16H28ClN3O3S. The van der Waals surface area contributed by atoms with Crippen molar-refractivity contribution in [2.45, 2.75) is 44.7 Å². The topological polar surface area (TPSA) is 78.5 Å². The van der Waals surface area contributed by atoms with Crippen molar-refractivity contribution in [3.8, 4) is 0 Å². The highest BCUT2D eigenvalue weighted by molar-refractivity contribution is 7.98. The molecule has 2 aliphatic rings. The molecule has 0 radical (unpaired) electrons. The highest BCUT2D eigenvalue weighted by Crippen LogP contribution is 2.39. The van der Waals surface area contributed by atoms with Crippen LogP contribution < -0.4 is 10.6 Å². The zero-order valence-electron chi connectivity index (χ0n) is 14.5. The Kier molecular flexibility index (Phi) is 8.53. The first-order chi connectivity index (χ1) is 11.0. The summed E-state index contributed by atoms with van der Waals surface area (Å²) in [7, 11) is 1.83. The zero-order valence-corrected chi connectivity index (χ0v) is 16.2. The maximum absolute atomic E-state index is 12.7. The molecule has 138 valence electrons. The molecule has 3 amide bonds. The number of carbonyl (C=O) groups excluding carboxylic acids is 3. The number of nitrogens with zero attached hydrogens (tertiary/aromatic N) is 1. The summed E-state index contributed by atoms with van der Waals surface area (Å²) < 4.78 is 0. The molecule has 24 heavy (non-hydrogen) atoms. The second-order valence-corrected chi connectivity index (χ2v) is 7.36. The fourth-order valence-corrected chi connectivity index (χ4v) is 4.01. The molecule has 0 bridgehead atoms. The van der Waals surface area contributed by atoms with Gasteiger partial charge in [-0.3, -0.25) is 19.3 Å². The number of hydrogen-bond donors (Lipinski definition) is 2. The lowest BCUT2D eigenvalue weighted by atomic mass is 9.81. The van der Waals surface area contributed by atoms with Gasteiger partial charge in [-0.2, -0.15) is 11.8 Å². The Morgan fingerprint density at radius 3 is 2.25 bits per heavy atom. The van der Waals surface area contributed by atoms with Crippen molar-refractivity contribution in [1.82, 2.24) is 15.5 Å². The van der Waals surface area contributed by atoms with E-state index >= 15 is 0 Å². The van der Waals surface area contributed by atoms with E-state index in [0.717, 1.165) is 25.7 Å². The van der Waals surface area contributed by atoms with Gasteiger partial charge < -0.3 is 10.6 Å². The number of hydrogen-bond acceptors (Lipinski definition) is 5. The molecule has 1 saturated carbocycles. The van der Waals surface area contributed by atoms with Crippen LogP contribution >= 0.6 is 24.2 Å². The summed E-state index contributed by atoms with van der Waals surface area (Å²) in [5.41, 5.74) is 0. The number of nitrogens with one attached hydrogen (secondary N) is 2. The van der Waals surface area contributed by atoms with Gasteiger partial charge in [0, 0.05) is 18.3 Å². The Morgan fingerprint density at radius 2 is 1.79 bits per heavy atom. The Bertz CT molecular complexity index is 453. The molecule has 6 nitrogen and oxygen atoms in total. The first-order valence-corrected chi connectivity index (χ1v) is 9.71. The molecule has 4 unspecified atom stereocenters. The predicted molar refractivity (Wildman–Crippen MR) is 98.3 cm³/mol. The van der Waals surface area contributed by atoms with Crippen LogP contribution in [0.3, 0.4) is 0 Å². The molecule has 1 saturated heterocycles. The van der Waals surface area contributed by atoms with Crippen molar-refractivity contribution >= 4 is 41.9 Å². The smallest absolute Gasteiger partial charge is 0.244 e. The zero-order chi connectivity index (χ0) is 17.0. The Morgan fingerprint density at radius 1 is 1.25 bits per heavy atom. The van der Waals surface area contributed by atoms with Gasteiger partial charge in [-0.15, -0.1) is 12.4 Å². The summed E-state index contributed by atoms with van der Waals surface area (Å²) in [6.07, 6.45) is 5.42. The first-order valence-electron chi connectivity index (χ1n) is 8.32. The highest BCUT2D eigenvalue weighted by atomic mass is 35.5. The van der Waals surface area contributed by atoms with Gasteiger partial charge in [0.05, 0.1) is 11.8 Å². The van der Waals surface area contributed by atoms with Gasteiger partial charge in [0.15, 0.2) is 0 Å². The van der Waals surface area contributed by atoms with Crippen LogP contribution in [0.1, 0.15) is 32.6 Å². The summed E-state index contributed by atoms with van der Waals surface area (Å²) >= 11 is 1.48. The number of carbonyl (C=O) groups is 3. The molecular weight excluding hydrogens is 350 g/mol. The fraction of sp³-hybridized carbons (Fsp3) is 0.812. The van der Waals surface area contributed by atoms with E-state index in [1.165, 1.54) is 16.7 Å². The van der Waals surface area contributed by atoms with Crippen molar-refractivity contribution in [3.63, 3.8) is 0 Å². The molecule has 2 N–H and O–H groups in total. The van der Waals surface area contributed by atoms with Gasteiger partial charge in [0.25, 0.3) is 0 Å². The summed E-state index contributed by atoms with van der Waals surface area (Å²) in [6.45, 7) is 2.44. The Balaban J connectivity index is 0.00000288. The number of likely N-dealkylation sites (N-methyl/N-ethyl adjacent to an activating group) is 1. The lowest BCUT2D eigenvalue weighted by Crippen LogP contribution is -2.53. The lowest BCUT2D eigenvalue weighted by Gasteiger charge is -2.26. The van der Waals surface area contributed by atoms with E-state index in [2.05, 4.69) is 10.6 Å². The molecule has 1 aliphatic heterocycles. The van der Waals surface area contributed by atoms with E-state index in [1.54, 1.807) is 0 Å². The van der Waals surface area contributed by atoms with Gasteiger partial charge in [-0.25, -0.2) is 0 Å². The van der Waals surface area contributed by atoms with E-state index in [9.17, 15) is 14.4 Å². The SMILES string of the molecule is CNC(C)CNC(=O)C(CSC)N1C(=O)C2CCCCC2C1=O.Cl. The van der Waals surface area contributed by atoms with Crippen molar-refractivity contribution in [2.75, 3.05) is 25.6 Å². The van der Waals surface area contributed by atoms with Crippen LogP contribution in [0.15, 0.2) is 0 Å². The maximum Gasteiger partial charge on any atom is 0.244 e. The van der Waals surface area contributed by atoms with Gasteiger partial charge >= 0.3 is 0 Å². The van der Waals surface area contributed by atoms with E-state index in [-0.39, 0.29) is 48.0 Å². The highest BCUT2D eigenvalue weighted by Gasteiger charge is 2.51. The minimum atomic E-state index is -0.695. The Labute approximate surface area is 154 Å². The summed E-state index contributed by atoms with van der Waals surface area (Å²) in [5.74, 6) is -0.487. The number of rotatable bonds is 7. The van der Waals surface area contributed by atoms with Crippen LogP contribution in [-0.2, 0) is 14.4 Å². The third-order valence-electron chi connectivity index (χ3n) is 4.89. The van der Waals surface area contributed by atoms with E-state index < -0.39 is 6.04 Å². The summed E-state index contributed by atoms with van der Waals surface area (Å²) in [6, 6.07) is -0.555. The summed E-state index contributed by atoms with van der Waals surface area (Å²) in [4.78, 5) is 39.1. The largest absolute Gasteiger partial charge is 0.353 e. The van der Waals surface area contributed by atoms with Crippen LogP contribution in [0.5, 0.6) is 0 Å².